The molecule has 0 aliphatic heterocycles. The number of unbranched alkanes of at least 4 members (excludes halogenated alkanes) is 1. The molecule has 2 amide bonds. The van der Waals surface area contributed by atoms with E-state index in [0.717, 1.165) is 46.1 Å². The first kappa shape index (κ1) is 24.0. The predicted molar refractivity (Wildman–Crippen MR) is 149 cm³/mol. The third-order valence-electron chi connectivity index (χ3n) is 6.25. The van der Waals surface area contributed by atoms with Crippen molar-refractivity contribution in [1.82, 2.24) is 15.3 Å². The number of nitrogens with one attached hydrogen (secondary N) is 2. The van der Waals surface area contributed by atoms with Crippen molar-refractivity contribution in [2.45, 2.75) is 19.8 Å². The molecule has 0 unspecified atom stereocenters. The van der Waals surface area contributed by atoms with E-state index in [-0.39, 0.29) is 11.9 Å². The molecule has 0 radical (unpaired) electrons. The van der Waals surface area contributed by atoms with E-state index in [1.165, 1.54) is 6.20 Å². The molecule has 37 heavy (non-hydrogen) atoms. The highest BCUT2D eigenvalue weighted by Gasteiger charge is 2.19. The van der Waals surface area contributed by atoms with Crippen LogP contribution >= 0.6 is 0 Å². The van der Waals surface area contributed by atoms with Crippen LogP contribution in [0.4, 0.5) is 10.5 Å². The summed E-state index contributed by atoms with van der Waals surface area (Å²) in [7, 11) is 0. The summed E-state index contributed by atoms with van der Waals surface area (Å²) in [5.41, 5.74) is 6.33. The van der Waals surface area contributed by atoms with Gasteiger partial charge in [0, 0.05) is 40.4 Å². The van der Waals surface area contributed by atoms with Crippen LogP contribution in [0.5, 0.6) is 5.88 Å². The van der Waals surface area contributed by atoms with Crippen LogP contribution in [0.25, 0.3) is 44.4 Å². The number of fused-ring (bicyclic) bond motifs is 1. The molecule has 0 saturated carbocycles. The number of pyridine rings is 2. The molecule has 0 spiro atoms. The number of benzene rings is 3. The zero-order valence-electron chi connectivity index (χ0n) is 20.6. The molecular weight excluding hydrogens is 460 g/mol. The van der Waals surface area contributed by atoms with Crippen molar-refractivity contribution < 1.29 is 9.90 Å². The van der Waals surface area contributed by atoms with Gasteiger partial charge in [-0.1, -0.05) is 74.0 Å². The summed E-state index contributed by atoms with van der Waals surface area (Å²) in [4.78, 5) is 21.9. The van der Waals surface area contributed by atoms with E-state index in [4.69, 9.17) is 4.98 Å². The Balaban J connectivity index is 1.75. The van der Waals surface area contributed by atoms with Gasteiger partial charge < -0.3 is 15.7 Å². The quantitative estimate of drug-likeness (QED) is 0.210. The second-order valence-corrected chi connectivity index (χ2v) is 8.78. The number of nitrogens with zero attached hydrogens (tertiary/aromatic N) is 2. The number of hydrogen-bond acceptors (Lipinski definition) is 4. The van der Waals surface area contributed by atoms with E-state index in [0.29, 0.717) is 23.4 Å². The summed E-state index contributed by atoms with van der Waals surface area (Å²) in [5, 5.41) is 17.4. The monoisotopic (exact) mass is 488 g/mol. The fourth-order valence-electron chi connectivity index (χ4n) is 4.43. The number of carbonyl (C=O) groups is 1. The Morgan fingerprint density at radius 2 is 1.59 bits per heavy atom. The van der Waals surface area contributed by atoms with Gasteiger partial charge in [0.25, 0.3) is 0 Å². The molecule has 0 aliphatic rings. The third-order valence-corrected chi connectivity index (χ3v) is 6.25. The van der Waals surface area contributed by atoms with Gasteiger partial charge in [-0.3, -0.25) is 0 Å². The molecule has 184 valence electrons. The minimum absolute atomic E-state index is 0.113. The highest BCUT2D eigenvalue weighted by molar-refractivity contribution is 6.08. The molecule has 0 fully saturated rings. The molecule has 5 rings (SSSR count). The predicted octanol–water partition coefficient (Wildman–Crippen LogP) is 7.26. The number of aromatic nitrogens is 2. The average Bonchev–Trinajstić information content (AvgIpc) is 2.94. The number of urea groups is 1. The van der Waals surface area contributed by atoms with E-state index in [2.05, 4.69) is 40.7 Å². The lowest BCUT2D eigenvalue weighted by atomic mass is 9.93. The molecule has 0 saturated heterocycles. The SMILES string of the molecule is CCCCNC(=O)Nc1ccc2nc(-c3ccccc3)c(-c3ccccc3)cc2c1-c1cccnc1O. The summed E-state index contributed by atoms with van der Waals surface area (Å²) in [6, 6.07) is 29.3. The Labute approximate surface area is 216 Å². The molecule has 3 N–H and O–H groups in total. The molecule has 0 bridgehead atoms. The highest BCUT2D eigenvalue weighted by Crippen LogP contribution is 2.42. The van der Waals surface area contributed by atoms with Crippen LogP contribution in [-0.4, -0.2) is 27.7 Å². The van der Waals surface area contributed by atoms with Gasteiger partial charge in [0.05, 0.1) is 16.9 Å². The first-order chi connectivity index (χ1) is 18.2. The van der Waals surface area contributed by atoms with Crippen LogP contribution in [0.3, 0.4) is 0 Å². The molecule has 0 aliphatic carbocycles. The Bertz CT molecular complexity index is 1540. The number of aromatic hydroxyl groups is 1. The van der Waals surface area contributed by atoms with Gasteiger partial charge in [-0.15, -0.1) is 0 Å². The average molecular weight is 489 g/mol. The van der Waals surface area contributed by atoms with Crippen LogP contribution in [0.1, 0.15) is 19.8 Å². The van der Waals surface area contributed by atoms with E-state index in [1.54, 1.807) is 12.1 Å². The molecule has 5 aromatic rings. The Kier molecular flexibility index (Phi) is 7.08. The maximum absolute atomic E-state index is 12.7. The van der Waals surface area contributed by atoms with E-state index in [9.17, 15) is 9.90 Å². The molecule has 2 aromatic heterocycles. The summed E-state index contributed by atoms with van der Waals surface area (Å²) in [6.45, 7) is 2.66. The van der Waals surface area contributed by atoms with Crippen LogP contribution in [0.15, 0.2) is 97.2 Å². The lowest BCUT2D eigenvalue weighted by Crippen LogP contribution is -2.29. The smallest absolute Gasteiger partial charge is 0.319 e. The van der Waals surface area contributed by atoms with Gasteiger partial charge in [0.15, 0.2) is 0 Å². The van der Waals surface area contributed by atoms with Gasteiger partial charge in [-0.05, 0) is 42.3 Å². The molecule has 6 nitrogen and oxygen atoms in total. The second-order valence-electron chi connectivity index (χ2n) is 8.78. The van der Waals surface area contributed by atoms with Gasteiger partial charge in [-0.2, -0.15) is 0 Å². The van der Waals surface area contributed by atoms with Gasteiger partial charge in [0.1, 0.15) is 0 Å². The topological polar surface area (TPSA) is 87.1 Å². The molecule has 0 atom stereocenters. The van der Waals surface area contributed by atoms with Crippen molar-refractivity contribution in [1.29, 1.82) is 0 Å². The Morgan fingerprint density at radius 3 is 2.30 bits per heavy atom. The van der Waals surface area contributed by atoms with Gasteiger partial charge in [-0.25, -0.2) is 14.8 Å². The van der Waals surface area contributed by atoms with Crippen molar-refractivity contribution >= 4 is 22.6 Å². The summed E-state index contributed by atoms with van der Waals surface area (Å²) in [6.07, 6.45) is 3.42. The van der Waals surface area contributed by atoms with Crippen LogP contribution in [-0.2, 0) is 0 Å². The largest absolute Gasteiger partial charge is 0.493 e. The number of rotatable bonds is 7. The van der Waals surface area contributed by atoms with Gasteiger partial charge >= 0.3 is 6.03 Å². The summed E-state index contributed by atoms with van der Waals surface area (Å²) < 4.78 is 0. The summed E-state index contributed by atoms with van der Waals surface area (Å²) >= 11 is 0. The first-order valence-electron chi connectivity index (χ1n) is 12.4. The maximum Gasteiger partial charge on any atom is 0.319 e. The van der Waals surface area contributed by atoms with Crippen LogP contribution in [0.2, 0.25) is 0 Å². The van der Waals surface area contributed by atoms with Crippen molar-refractivity contribution in [3.63, 3.8) is 0 Å². The minimum atomic E-state index is -0.297. The lowest BCUT2D eigenvalue weighted by Gasteiger charge is -2.18. The number of carbonyl (C=O) groups excluding carboxylic acids is 1. The van der Waals surface area contributed by atoms with E-state index >= 15 is 0 Å². The molecular formula is C31H28N4O2. The molecule has 2 heterocycles. The number of amides is 2. The van der Waals surface area contributed by atoms with Crippen LogP contribution < -0.4 is 10.6 Å². The van der Waals surface area contributed by atoms with Crippen molar-refractivity contribution in [2.24, 2.45) is 0 Å². The second kappa shape index (κ2) is 10.9. The van der Waals surface area contributed by atoms with E-state index < -0.39 is 0 Å². The Hall–Kier alpha value is -4.71. The molecule has 3 aromatic carbocycles. The van der Waals surface area contributed by atoms with Crippen molar-refractivity contribution in [2.75, 3.05) is 11.9 Å². The number of hydrogen-bond donors (Lipinski definition) is 3. The van der Waals surface area contributed by atoms with Gasteiger partial charge in [0.2, 0.25) is 5.88 Å². The number of anilines is 1. The van der Waals surface area contributed by atoms with E-state index in [1.807, 2.05) is 60.7 Å². The lowest BCUT2D eigenvalue weighted by molar-refractivity contribution is 0.252. The standard InChI is InChI=1S/C31H28N4O2/c1-2-3-18-33-31(37)35-27-17-16-26-25(28(27)23-15-10-19-32-30(23)36)20-24(21-11-6-4-7-12-21)29(34-26)22-13-8-5-9-14-22/h4-17,19-20H,2-3,18H2,1H3,(H,32,36)(H2,33,35,37). The first-order valence-corrected chi connectivity index (χ1v) is 12.4. The Morgan fingerprint density at radius 1 is 0.865 bits per heavy atom. The third kappa shape index (κ3) is 5.14. The van der Waals surface area contributed by atoms with Crippen LogP contribution in [0, 0.1) is 0 Å². The fourth-order valence-corrected chi connectivity index (χ4v) is 4.43. The maximum atomic E-state index is 12.7. The normalized spacial score (nSPS) is 10.8. The zero-order chi connectivity index (χ0) is 25.6. The highest BCUT2D eigenvalue weighted by atomic mass is 16.3. The van der Waals surface area contributed by atoms with Crippen molar-refractivity contribution in [3.8, 4) is 39.4 Å². The summed E-state index contributed by atoms with van der Waals surface area (Å²) in [5.74, 6) is -0.113. The molecule has 6 heteroatoms. The fraction of sp³-hybridized carbons (Fsp3) is 0.129. The minimum Gasteiger partial charge on any atom is -0.493 e. The zero-order valence-corrected chi connectivity index (χ0v) is 20.6. The van der Waals surface area contributed by atoms with Crippen molar-refractivity contribution in [3.05, 3.63) is 97.2 Å².